The van der Waals surface area contributed by atoms with Crippen LogP contribution in [0.4, 0.5) is 0 Å². The average Bonchev–Trinajstić information content (AvgIpc) is 3.54. The van der Waals surface area contributed by atoms with Crippen molar-refractivity contribution >= 4 is 11.8 Å². The van der Waals surface area contributed by atoms with Crippen LogP contribution in [0.25, 0.3) is 0 Å². The molecule has 0 saturated carbocycles. The fourth-order valence-electron chi connectivity index (χ4n) is 5.13. The lowest BCUT2D eigenvalue weighted by Crippen LogP contribution is -2.47. The van der Waals surface area contributed by atoms with Gasteiger partial charge < -0.3 is 20.7 Å². The number of carbonyl (C=O) groups is 2. The lowest BCUT2D eigenvalue weighted by Gasteiger charge is -2.31. The number of carbonyl (C=O) groups excluding carboxylic acids is 2. The van der Waals surface area contributed by atoms with E-state index in [1.807, 2.05) is 31.2 Å². The highest BCUT2D eigenvalue weighted by Crippen LogP contribution is 2.28. The predicted octanol–water partition coefficient (Wildman–Crippen LogP) is 2.64. The van der Waals surface area contributed by atoms with Gasteiger partial charge in [0.1, 0.15) is 6.04 Å². The van der Waals surface area contributed by atoms with E-state index < -0.39 is 6.04 Å². The molecule has 4 rings (SSSR count). The van der Waals surface area contributed by atoms with Crippen LogP contribution in [0.5, 0.6) is 0 Å². The highest BCUT2D eigenvalue weighted by molar-refractivity contribution is 5.98. The second-order valence-electron chi connectivity index (χ2n) is 9.80. The molecule has 2 aromatic carbocycles. The SMILES string of the molecule is Cc1ccc(C(=O)N2CC(N(Cc3ccccc3C)CC3CCCO3)CC2C(=O)NCCN)cc1. The van der Waals surface area contributed by atoms with Crippen molar-refractivity contribution in [1.82, 2.24) is 15.1 Å². The molecule has 2 fully saturated rings. The summed E-state index contributed by atoms with van der Waals surface area (Å²) in [4.78, 5) is 30.8. The molecule has 2 heterocycles. The third-order valence-electron chi connectivity index (χ3n) is 7.20. The molecule has 2 aliphatic heterocycles. The normalized spacial score (nSPS) is 22.1. The van der Waals surface area contributed by atoms with Crippen LogP contribution < -0.4 is 11.1 Å². The van der Waals surface area contributed by atoms with Gasteiger partial charge in [0.2, 0.25) is 5.91 Å². The van der Waals surface area contributed by atoms with Crippen LogP contribution in [0.1, 0.15) is 46.3 Å². The summed E-state index contributed by atoms with van der Waals surface area (Å²) in [7, 11) is 0. The zero-order chi connectivity index (χ0) is 24.8. The number of benzene rings is 2. The molecule has 2 aliphatic rings. The van der Waals surface area contributed by atoms with Crippen molar-refractivity contribution in [2.75, 3.05) is 32.8 Å². The van der Waals surface area contributed by atoms with E-state index in [9.17, 15) is 9.59 Å². The maximum atomic E-state index is 13.6. The zero-order valence-electron chi connectivity index (χ0n) is 20.9. The first-order valence-corrected chi connectivity index (χ1v) is 12.7. The summed E-state index contributed by atoms with van der Waals surface area (Å²) in [6.07, 6.45) is 2.90. The van der Waals surface area contributed by atoms with Crippen LogP contribution in [0.3, 0.4) is 0 Å². The molecule has 2 aromatic rings. The van der Waals surface area contributed by atoms with Crippen LogP contribution in [0.15, 0.2) is 48.5 Å². The number of nitrogens with two attached hydrogens (primary N) is 1. The Morgan fingerprint density at radius 3 is 2.60 bits per heavy atom. The molecule has 3 unspecified atom stereocenters. The van der Waals surface area contributed by atoms with E-state index in [1.165, 1.54) is 11.1 Å². The quantitative estimate of drug-likeness (QED) is 0.579. The number of nitrogens with one attached hydrogen (secondary N) is 1. The molecular weight excluding hydrogens is 440 g/mol. The summed E-state index contributed by atoms with van der Waals surface area (Å²) in [6.45, 7) is 7.76. The molecule has 3 N–H and O–H groups in total. The van der Waals surface area contributed by atoms with Gasteiger partial charge in [-0.2, -0.15) is 0 Å². The molecule has 2 amide bonds. The lowest BCUT2D eigenvalue weighted by molar-refractivity contribution is -0.124. The van der Waals surface area contributed by atoms with Crippen molar-refractivity contribution in [3.63, 3.8) is 0 Å². The number of ether oxygens (including phenoxy) is 1. The van der Waals surface area contributed by atoms with Gasteiger partial charge in [0.05, 0.1) is 6.10 Å². The largest absolute Gasteiger partial charge is 0.377 e. The molecule has 0 bridgehead atoms. The van der Waals surface area contributed by atoms with Crippen molar-refractivity contribution in [2.45, 2.75) is 57.8 Å². The van der Waals surface area contributed by atoms with Crippen LogP contribution in [0.2, 0.25) is 0 Å². The molecule has 3 atom stereocenters. The standard InChI is InChI=1S/C28H38N4O3/c1-20-9-11-22(12-10-20)28(34)32-18-24(16-26(32)27(33)30-14-13-29)31(19-25-8-5-15-35-25)17-23-7-4-3-6-21(23)2/h3-4,6-7,9-12,24-26H,5,8,13-19,29H2,1-2H3,(H,30,33). The van der Waals surface area contributed by atoms with Crippen molar-refractivity contribution < 1.29 is 14.3 Å². The van der Waals surface area contributed by atoms with Gasteiger partial charge in [-0.05, 0) is 56.4 Å². The Hall–Kier alpha value is -2.74. The summed E-state index contributed by atoms with van der Waals surface area (Å²) < 4.78 is 5.98. The van der Waals surface area contributed by atoms with Crippen molar-refractivity contribution in [2.24, 2.45) is 5.73 Å². The smallest absolute Gasteiger partial charge is 0.254 e. The third kappa shape index (κ3) is 6.28. The van der Waals surface area contributed by atoms with Gasteiger partial charge in [-0.15, -0.1) is 0 Å². The molecule has 35 heavy (non-hydrogen) atoms. The minimum atomic E-state index is -0.524. The molecule has 7 nitrogen and oxygen atoms in total. The average molecular weight is 479 g/mol. The molecule has 0 aliphatic carbocycles. The fraction of sp³-hybridized carbons (Fsp3) is 0.500. The summed E-state index contributed by atoms with van der Waals surface area (Å²) in [5.74, 6) is -0.236. The molecule has 0 spiro atoms. The Kier molecular flexibility index (Phi) is 8.55. The summed E-state index contributed by atoms with van der Waals surface area (Å²) in [5.41, 5.74) is 9.84. The van der Waals surface area contributed by atoms with Gasteiger partial charge in [0.15, 0.2) is 0 Å². The number of hydrogen-bond acceptors (Lipinski definition) is 5. The van der Waals surface area contributed by atoms with E-state index in [1.54, 1.807) is 4.90 Å². The van der Waals surface area contributed by atoms with Crippen molar-refractivity contribution in [3.8, 4) is 0 Å². The topological polar surface area (TPSA) is 87.9 Å². The highest BCUT2D eigenvalue weighted by Gasteiger charge is 2.42. The Morgan fingerprint density at radius 1 is 1.14 bits per heavy atom. The van der Waals surface area contributed by atoms with Crippen LogP contribution in [0, 0.1) is 13.8 Å². The van der Waals surface area contributed by atoms with Crippen molar-refractivity contribution in [1.29, 1.82) is 0 Å². The summed E-state index contributed by atoms with van der Waals surface area (Å²) in [6, 6.07) is 15.5. The highest BCUT2D eigenvalue weighted by atomic mass is 16.5. The first-order chi connectivity index (χ1) is 17.0. The van der Waals surface area contributed by atoms with Gasteiger partial charge >= 0.3 is 0 Å². The third-order valence-corrected chi connectivity index (χ3v) is 7.20. The van der Waals surface area contributed by atoms with Crippen LogP contribution in [-0.4, -0.2) is 72.6 Å². The molecule has 7 heteroatoms. The second-order valence-corrected chi connectivity index (χ2v) is 9.80. The first-order valence-electron chi connectivity index (χ1n) is 12.7. The number of amides is 2. The molecule has 188 valence electrons. The summed E-state index contributed by atoms with van der Waals surface area (Å²) in [5, 5.41) is 2.91. The minimum absolute atomic E-state index is 0.0573. The fourth-order valence-corrected chi connectivity index (χ4v) is 5.13. The zero-order valence-corrected chi connectivity index (χ0v) is 20.9. The molecule has 0 aromatic heterocycles. The van der Waals surface area contributed by atoms with E-state index in [2.05, 4.69) is 41.4 Å². The van der Waals surface area contributed by atoms with E-state index in [-0.39, 0.29) is 24.0 Å². The Bertz CT molecular complexity index is 1000. The van der Waals surface area contributed by atoms with Gasteiger partial charge in [0, 0.05) is 50.9 Å². The van der Waals surface area contributed by atoms with E-state index in [0.29, 0.717) is 31.6 Å². The Balaban J connectivity index is 1.59. The summed E-state index contributed by atoms with van der Waals surface area (Å²) >= 11 is 0. The number of rotatable bonds is 9. The van der Waals surface area contributed by atoms with E-state index in [4.69, 9.17) is 10.5 Å². The van der Waals surface area contributed by atoms with Crippen molar-refractivity contribution in [3.05, 3.63) is 70.8 Å². The van der Waals surface area contributed by atoms with Gasteiger partial charge in [-0.1, -0.05) is 42.0 Å². The van der Waals surface area contributed by atoms with Gasteiger partial charge in [0.25, 0.3) is 5.91 Å². The van der Waals surface area contributed by atoms with Gasteiger partial charge in [-0.3, -0.25) is 14.5 Å². The molecule has 0 radical (unpaired) electrons. The van der Waals surface area contributed by atoms with E-state index in [0.717, 1.165) is 38.1 Å². The Labute approximate surface area is 208 Å². The lowest BCUT2D eigenvalue weighted by atomic mass is 10.0. The van der Waals surface area contributed by atoms with Crippen LogP contribution >= 0.6 is 0 Å². The van der Waals surface area contributed by atoms with E-state index >= 15 is 0 Å². The minimum Gasteiger partial charge on any atom is -0.377 e. The van der Waals surface area contributed by atoms with Gasteiger partial charge in [-0.25, -0.2) is 0 Å². The Morgan fingerprint density at radius 2 is 1.91 bits per heavy atom. The number of nitrogens with zero attached hydrogens (tertiary/aromatic N) is 2. The number of likely N-dealkylation sites (tertiary alicyclic amines) is 1. The first kappa shape index (κ1) is 25.4. The monoisotopic (exact) mass is 478 g/mol. The maximum absolute atomic E-state index is 13.6. The number of hydrogen-bond donors (Lipinski definition) is 2. The second kappa shape index (κ2) is 11.8. The molecule has 2 saturated heterocycles. The predicted molar refractivity (Wildman–Crippen MR) is 137 cm³/mol. The van der Waals surface area contributed by atoms with Crippen LogP contribution in [-0.2, 0) is 16.1 Å². The maximum Gasteiger partial charge on any atom is 0.254 e. The molecular formula is C28H38N4O3. The number of aryl methyl sites for hydroxylation is 2.